The van der Waals surface area contributed by atoms with Crippen LogP contribution in [0.25, 0.3) is 0 Å². The molecule has 1 unspecified atom stereocenters. The molecule has 0 aromatic rings. The molecule has 0 aromatic carbocycles. The molecule has 0 N–H and O–H groups in total. The van der Waals surface area contributed by atoms with Crippen molar-refractivity contribution in [2.45, 2.75) is 25.6 Å². The summed E-state index contributed by atoms with van der Waals surface area (Å²) in [5, 5.41) is 0. The van der Waals surface area contributed by atoms with Crippen molar-refractivity contribution < 1.29 is 0 Å². The van der Waals surface area contributed by atoms with E-state index >= 15 is 0 Å². The number of alkyl halides is 1. The lowest BCUT2D eigenvalue weighted by atomic mass is 10.00. The Labute approximate surface area is 61.2 Å². The first kappa shape index (κ1) is 8.58. The Morgan fingerprint density at radius 3 is 1.88 bits per heavy atom. The predicted molar refractivity (Wildman–Crippen MR) is 39.2 cm³/mol. The van der Waals surface area contributed by atoms with Gasteiger partial charge in [0.1, 0.15) is 0 Å². The summed E-state index contributed by atoms with van der Waals surface area (Å²) in [6.45, 7) is 5.96. The Bertz CT molecular complexity index is 66.9. The molecule has 0 saturated heterocycles. The lowest BCUT2D eigenvalue weighted by Gasteiger charge is -2.22. The number of halogens is 2. The summed E-state index contributed by atoms with van der Waals surface area (Å²) in [7, 11) is 0. The van der Waals surface area contributed by atoms with Gasteiger partial charge in [0.25, 0.3) is 0 Å². The first-order valence-electron chi connectivity index (χ1n) is 2.64. The average molecular weight is 154 g/mol. The van der Waals surface area contributed by atoms with Crippen LogP contribution in [0.15, 0.2) is 0 Å². The van der Waals surface area contributed by atoms with E-state index in [9.17, 15) is 0 Å². The van der Waals surface area contributed by atoms with Gasteiger partial charge in [0.05, 0.1) is 10.8 Å². The van der Waals surface area contributed by atoms with E-state index in [-0.39, 0.29) is 4.87 Å². The fourth-order valence-electron chi connectivity index (χ4n) is 0.126. The SMILES string of the molecule is CC(C)C(C)(Cl)[CH]Cl. The number of hydrogen-bond acceptors (Lipinski definition) is 0. The van der Waals surface area contributed by atoms with Crippen molar-refractivity contribution in [3.63, 3.8) is 0 Å². The highest BCUT2D eigenvalue weighted by atomic mass is 35.5. The minimum atomic E-state index is -0.346. The van der Waals surface area contributed by atoms with Gasteiger partial charge in [0.2, 0.25) is 0 Å². The van der Waals surface area contributed by atoms with Gasteiger partial charge in [-0.15, -0.1) is 23.2 Å². The van der Waals surface area contributed by atoms with E-state index in [0.29, 0.717) is 5.92 Å². The molecule has 0 amide bonds. The Balaban J connectivity index is 3.71. The molecule has 2 heteroatoms. The fraction of sp³-hybridized carbons (Fsp3) is 0.833. The van der Waals surface area contributed by atoms with Gasteiger partial charge in [-0.05, 0) is 12.8 Å². The predicted octanol–water partition coefficient (Wildman–Crippen LogP) is 3.04. The average Bonchev–Trinajstić information content (AvgIpc) is 1.67. The quantitative estimate of drug-likeness (QED) is 0.536. The molecule has 0 aromatic heterocycles. The molecule has 0 aliphatic carbocycles. The zero-order chi connectivity index (χ0) is 6.78. The molecule has 0 bridgehead atoms. The molecule has 1 atom stereocenters. The van der Waals surface area contributed by atoms with Crippen molar-refractivity contribution in [1.82, 2.24) is 0 Å². The standard InChI is InChI=1S/C6H11Cl2/c1-5(2)6(3,8)4-7/h4-5H,1-3H3. The molecule has 0 fully saturated rings. The van der Waals surface area contributed by atoms with Crippen molar-refractivity contribution in [3.05, 3.63) is 5.88 Å². The summed E-state index contributed by atoms with van der Waals surface area (Å²) in [5.41, 5.74) is 0. The molecule has 49 valence electrons. The van der Waals surface area contributed by atoms with E-state index in [1.54, 1.807) is 0 Å². The van der Waals surface area contributed by atoms with Crippen LogP contribution >= 0.6 is 23.2 Å². The summed E-state index contributed by atoms with van der Waals surface area (Å²) in [6.07, 6.45) is 0. The first-order valence-corrected chi connectivity index (χ1v) is 3.45. The van der Waals surface area contributed by atoms with Crippen LogP contribution in [0.5, 0.6) is 0 Å². The minimum Gasteiger partial charge on any atom is -0.119 e. The van der Waals surface area contributed by atoms with Gasteiger partial charge < -0.3 is 0 Å². The van der Waals surface area contributed by atoms with Crippen LogP contribution < -0.4 is 0 Å². The minimum absolute atomic E-state index is 0.346. The van der Waals surface area contributed by atoms with Crippen LogP contribution in [0, 0.1) is 11.8 Å². The summed E-state index contributed by atoms with van der Waals surface area (Å²) in [4.78, 5) is -0.346. The molecule has 0 spiro atoms. The third-order valence-electron chi connectivity index (χ3n) is 1.34. The van der Waals surface area contributed by atoms with Crippen LogP contribution in [-0.2, 0) is 0 Å². The van der Waals surface area contributed by atoms with Crippen molar-refractivity contribution in [1.29, 1.82) is 0 Å². The molecule has 0 nitrogen and oxygen atoms in total. The third-order valence-corrected chi connectivity index (χ3v) is 2.45. The van der Waals surface area contributed by atoms with Crippen LogP contribution in [0.4, 0.5) is 0 Å². The van der Waals surface area contributed by atoms with E-state index in [2.05, 4.69) is 0 Å². The number of rotatable bonds is 2. The van der Waals surface area contributed by atoms with E-state index in [0.717, 1.165) is 0 Å². The Hall–Kier alpha value is 0.580. The highest BCUT2D eigenvalue weighted by Crippen LogP contribution is 2.28. The largest absolute Gasteiger partial charge is 0.119 e. The van der Waals surface area contributed by atoms with E-state index in [1.165, 1.54) is 5.88 Å². The highest BCUT2D eigenvalue weighted by molar-refractivity contribution is 6.34. The molecule has 0 aliphatic heterocycles. The molecule has 0 saturated carbocycles. The van der Waals surface area contributed by atoms with Crippen LogP contribution in [-0.4, -0.2) is 4.87 Å². The smallest absolute Gasteiger partial charge is 0.0708 e. The molecule has 8 heavy (non-hydrogen) atoms. The van der Waals surface area contributed by atoms with Crippen LogP contribution in [0.2, 0.25) is 0 Å². The van der Waals surface area contributed by atoms with Crippen LogP contribution in [0.1, 0.15) is 20.8 Å². The van der Waals surface area contributed by atoms with Gasteiger partial charge in [0, 0.05) is 0 Å². The summed E-state index contributed by atoms with van der Waals surface area (Å²) >= 11 is 11.3. The second-order valence-electron chi connectivity index (χ2n) is 2.42. The first-order chi connectivity index (χ1) is 3.50. The fourth-order valence-corrected chi connectivity index (χ4v) is 0.378. The monoisotopic (exact) mass is 153 g/mol. The van der Waals surface area contributed by atoms with Crippen molar-refractivity contribution >= 4 is 23.2 Å². The topological polar surface area (TPSA) is 0 Å². The zero-order valence-electron chi connectivity index (χ0n) is 5.41. The Morgan fingerprint density at radius 2 is 1.88 bits per heavy atom. The second kappa shape index (κ2) is 2.93. The second-order valence-corrected chi connectivity index (χ2v) is 3.45. The molecular formula is C6H11Cl2. The van der Waals surface area contributed by atoms with E-state index in [4.69, 9.17) is 23.2 Å². The van der Waals surface area contributed by atoms with E-state index < -0.39 is 0 Å². The lowest BCUT2D eigenvalue weighted by Crippen LogP contribution is -2.21. The maximum absolute atomic E-state index is 5.87. The van der Waals surface area contributed by atoms with Gasteiger partial charge in [-0.3, -0.25) is 0 Å². The molecule has 1 radical (unpaired) electrons. The maximum Gasteiger partial charge on any atom is 0.0708 e. The molecule has 0 aliphatic rings. The summed E-state index contributed by atoms with van der Waals surface area (Å²) < 4.78 is 0. The Kier molecular flexibility index (Phi) is 3.14. The Morgan fingerprint density at radius 1 is 1.50 bits per heavy atom. The van der Waals surface area contributed by atoms with Gasteiger partial charge in [-0.2, -0.15) is 0 Å². The number of hydrogen-bond donors (Lipinski definition) is 0. The van der Waals surface area contributed by atoms with E-state index in [1.807, 2.05) is 20.8 Å². The molecular weight excluding hydrogens is 143 g/mol. The zero-order valence-corrected chi connectivity index (χ0v) is 6.92. The third kappa shape index (κ3) is 2.23. The highest BCUT2D eigenvalue weighted by Gasteiger charge is 2.23. The summed E-state index contributed by atoms with van der Waals surface area (Å²) in [6, 6.07) is 0. The van der Waals surface area contributed by atoms with Gasteiger partial charge in [-0.25, -0.2) is 0 Å². The van der Waals surface area contributed by atoms with Gasteiger partial charge in [-0.1, -0.05) is 13.8 Å². The van der Waals surface area contributed by atoms with Crippen molar-refractivity contribution in [2.75, 3.05) is 0 Å². The van der Waals surface area contributed by atoms with Crippen LogP contribution in [0.3, 0.4) is 0 Å². The lowest BCUT2D eigenvalue weighted by molar-refractivity contribution is 0.527. The molecule has 0 rings (SSSR count). The van der Waals surface area contributed by atoms with Crippen molar-refractivity contribution in [3.8, 4) is 0 Å². The normalized spacial score (nSPS) is 18.8. The summed E-state index contributed by atoms with van der Waals surface area (Å²) in [5.74, 6) is 1.89. The maximum atomic E-state index is 5.87. The molecule has 0 heterocycles. The van der Waals surface area contributed by atoms with Crippen molar-refractivity contribution in [2.24, 2.45) is 5.92 Å². The van der Waals surface area contributed by atoms with Gasteiger partial charge >= 0.3 is 0 Å². The van der Waals surface area contributed by atoms with Gasteiger partial charge in [0.15, 0.2) is 0 Å².